The standard InChI is InChI=1S/C17H19NO3/c1-11-3-5-15(12(2)7-11)19-9-14(18)13-4-6-16-17(8-13)21-10-20-16/h3-8,14H,9-10,18H2,1-2H3. The third-order valence-corrected chi connectivity index (χ3v) is 3.57. The van der Waals surface area contributed by atoms with E-state index in [0.29, 0.717) is 6.61 Å². The van der Waals surface area contributed by atoms with Crippen LogP contribution < -0.4 is 19.9 Å². The molecule has 1 heterocycles. The summed E-state index contributed by atoms with van der Waals surface area (Å²) in [6.45, 7) is 4.79. The molecule has 4 heteroatoms. The molecular formula is C17H19NO3. The van der Waals surface area contributed by atoms with Crippen LogP contribution in [0.1, 0.15) is 22.7 Å². The Bertz CT molecular complexity index is 654. The van der Waals surface area contributed by atoms with Crippen molar-refractivity contribution in [2.24, 2.45) is 5.73 Å². The van der Waals surface area contributed by atoms with Gasteiger partial charge in [0.2, 0.25) is 6.79 Å². The number of hydrogen-bond donors (Lipinski definition) is 1. The van der Waals surface area contributed by atoms with Gasteiger partial charge in [-0.1, -0.05) is 23.8 Å². The smallest absolute Gasteiger partial charge is 0.231 e. The first-order valence-electron chi connectivity index (χ1n) is 6.98. The molecule has 0 amide bonds. The van der Waals surface area contributed by atoms with E-state index < -0.39 is 0 Å². The highest BCUT2D eigenvalue weighted by Gasteiger charge is 2.16. The molecule has 0 saturated carbocycles. The first-order chi connectivity index (χ1) is 10.1. The van der Waals surface area contributed by atoms with Crippen molar-refractivity contribution in [3.05, 3.63) is 53.1 Å². The van der Waals surface area contributed by atoms with E-state index in [2.05, 4.69) is 13.0 Å². The van der Waals surface area contributed by atoms with Gasteiger partial charge in [-0.05, 0) is 43.2 Å². The van der Waals surface area contributed by atoms with E-state index in [1.165, 1.54) is 5.56 Å². The van der Waals surface area contributed by atoms with E-state index in [0.717, 1.165) is 28.4 Å². The van der Waals surface area contributed by atoms with Crippen LogP contribution in [0.5, 0.6) is 17.2 Å². The molecule has 0 aliphatic carbocycles. The van der Waals surface area contributed by atoms with Gasteiger partial charge in [-0.3, -0.25) is 0 Å². The van der Waals surface area contributed by atoms with E-state index in [-0.39, 0.29) is 12.8 Å². The molecule has 0 fully saturated rings. The topological polar surface area (TPSA) is 53.7 Å². The van der Waals surface area contributed by atoms with Crippen LogP contribution >= 0.6 is 0 Å². The molecule has 2 N–H and O–H groups in total. The molecule has 110 valence electrons. The van der Waals surface area contributed by atoms with E-state index in [1.807, 2.05) is 37.3 Å². The predicted octanol–water partition coefficient (Wildman–Crippen LogP) is 3.11. The molecule has 1 aliphatic heterocycles. The fourth-order valence-electron chi connectivity index (χ4n) is 2.38. The van der Waals surface area contributed by atoms with Crippen LogP contribution in [-0.4, -0.2) is 13.4 Å². The number of nitrogens with two attached hydrogens (primary N) is 1. The second-order valence-corrected chi connectivity index (χ2v) is 5.30. The molecule has 4 nitrogen and oxygen atoms in total. The lowest BCUT2D eigenvalue weighted by Gasteiger charge is -2.15. The minimum absolute atomic E-state index is 0.208. The third-order valence-electron chi connectivity index (χ3n) is 3.57. The molecule has 0 spiro atoms. The first-order valence-corrected chi connectivity index (χ1v) is 6.98. The summed E-state index contributed by atoms with van der Waals surface area (Å²) in [4.78, 5) is 0. The van der Waals surface area contributed by atoms with Gasteiger partial charge in [0.25, 0.3) is 0 Å². The predicted molar refractivity (Wildman–Crippen MR) is 80.9 cm³/mol. The molecule has 2 aromatic rings. The Morgan fingerprint density at radius 1 is 1.10 bits per heavy atom. The van der Waals surface area contributed by atoms with Gasteiger partial charge in [0.15, 0.2) is 11.5 Å². The molecule has 0 saturated heterocycles. The largest absolute Gasteiger partial charge is 0.491 e. The third kappa shape index (κ3) is 2.95. The van der Waals surface area contributed by atoms with Crippen LogP contribution in [0.3, 0.4) is 0 Å². The second-order valence-electron chi connectivity index (χ2n) is 5.30. The van der Waals surface area contributed by atoms with E-state index >= 15 is 0 Å². The Balaban J connectivity index is 1.67. The van der Waals surface area contributed by atoms with Crippen LogP contribution in [0.15, 0.2) is 36.4 Å². The summed E-state index contributed by atoms with van der Waals surface area (Å²) >= 11 is 0. The van der Waals surface area contributed by atoms with Gasteiger partial charge in [-0.2, -0.15) is 0 Å². The number of aryl methyl sites for hydroxylation is 2. The zero-order valence-corrected chi connectivity index (χ0v) is 12.3. The van der Waals surface area contributed by atoms with Crippen LogP contribution in [0, 0.1) is 13.8 Å². The molecule has 1 unspecified atom stereocenters. The second kappa shape index (κ2) is 5.66. The quantitative estimate of drug-likeness (QED) is 0.937. The summed E-state index contributed by atoms with van der Waals surface area (Å²) in [5.41, 5.74) is 9.51. The Morgan fingerprint density at radius 2 is 1.90 bits per heavy atom. The Labute approximate surface area is 124 Å². The number of rotatable bonds is 4. The Morgan fingerprint density at radius 3 is 2.71 bits per heavy atom. The normalized spacial score (nSPS) is 14.0. The summed E-state index contributed by atoms with van der Waals surface area (Å²) in [6.07, 6.45) is 0. The van der Waals surface area contributed by atoms with E-state index in [1.54, 1.807) is 0 Å². The van der Waals surface area contributed by atoms with Crippen LogP contribution in [0.25, 0.3) is 0 Å². The van der Waals surface area contributed by atoms with Gasteiger partial charge in [-0.25, -0.2) is 0 Å². The Kier molecular flexibility index (Phi) is 3.71. The molecule has 0 bridgehead atoms. The van der Waals surface area contributed by atoms with Crippen LogP contribution in [0.4, 0.5) is 0 Å². The number of fused-ring (bicyclic) bond motifs is 1. The van der Waals surface area contributed by atoms with Crippen molar-refractivity contribution in [3.8, 4) is 17.2 Å². The van der Waals surface area contributed by atoms with Gasteiger partial charge < -0.3 is 19.9 Å². The number of benzene rings is 2. The van der Waals surface area contributed by atoms with Crippen molar-refractivity contribution in [1.82, 2.24) is 0 Å². The first kappa shape index (κ1) is 13.8. The maximum absolute atomic E-state index is 6.20. The van der Waals surface area contributed by atoms with Crippen molar-refractivity contribution >= 4 is 0 Å². The van der Waals surface area contributed by atoms with E-state index in [4.69, 9.17) is 19.9 Å². The van der Waals surface area contributed by atoms with E-state index in [9.17, 15) is 0 Å². The molecule has 0 radical (unpaired) electrons. The molecule has 1 atom stereocenters. The summed E-state index contributed by atoms with van der Waals surface area (Å²) in [6, 6.07) is 11.7. The molecule has 0 aromatic heterocycles. The lowest BCUT2D eigenvalue weighted by Crippen LogP contribution is -2.19. The molecule has 2 aromatic carbocycles. The van der Waals surface area contributed by atoms with Crippen LogP contribution in [-0.2, 0) is 0 Å². The van der Waals surface area contributed by atoms with Crippen molar-refractivity contribution in [2.45, 2.75) is 19.9 Å². The zero-order chi connectivity index (χ0) is 14.8. The SMILES string of the molecule is Cc1ccc(OCC(N)c2ccc3c(c2)OCO3)c(C)c1. The van der Waals surface area contributed by atoms with Gasteiger partial charge >= 0.3 is 0 Å². The average molecular weight is 285 g/mol. The minimum atomic E-state index is -0.208. The summed E-state index contributed by atoms with van der Waals surface area (Å²) in [5.74, 6) is 2.38. The zero-order valence-electron chi connectivity index (χ0n) is 12.3. The highest BCUT2D eigenvalue weighted by Crippen LogP contribution is 2.34. The van der Waals surface area contributed by atoms with Gasteiger partial charge in [0, 0.05) is 0 Å². The Hall–Kier alpha value is -2.20. The van der Waals surface area contributed by atoms with Crippen molar-refractivity contribution in [3.63, 3.8) is 0 Å². The summed E-state index contributed by atoms with van der Waals surface area (Å²) < 4.78 is 16.5. The highest BCUT2D eigenvalue weighted by molar-refractivity contribution is 5.45. The maximum Gasteiger partial charge on any atom is 0.231 e. The molecule has 21 heavy (non-hydrogen) atoms. The summed E-state index contributed by atoms with van der Waals surface area (Å²) in [7, 11) is 0. The average Bonchev–Trinajstić information content (AvgIpc) is 2.93. The molecule has 3 rings (SSSR count). The monoisotopic (exact) mass is 285 g/mol. The summed E-state index contributed by atoms with van der Waals surface area (Å²) in [5, 5.41) is 0. The lowest BCUT2D eigenvalue weighted by atomic mass is 10.1. The van der Waals surface area contributed by atoms with Crippen molar-refractivity contribution in [1.29, 1.82) is 0 Å². The molecular weight excluding hydrogens is 266 g/mol. The van der Waals surface area contributed by atoms with Crippen LogP contribution in [0.2, 0.25) is 0 Å². The van der Waals surface area contributed by atoms with Gasteiger partial charge in [-0.15, -0.1) is 0 Å². The fourth-order valence-corrected chi connectivity index (χ4v) is 2.38. The highest BCUT2D eigenvalue weighted by atomic mass is 16.7. The van der Waals surface area contributed by atoms with Crippen molar-refractivity contribution in [2.75, 3.05) is 13.4 Å². The van der Waals surface area contributed by atoms with Gasteiger partial charge in [0.1, 0.15) is 12.4 Å². The maximum atomic E-state index is 6.20. The fraction of sp³-hybridized carbons (Fsp3) is 0.294. The minimum Gasteiger partial charge on any atom is -0.491 e. The molecule has 1 aliphatic rings. The van der Waals surface area contributed by atoms with Gasteiger partial charge in [0.05, 0.1) is 6.04 Å². The lowest BCUT2D eigenvalue weighted by molar-refractivity contribution is 0.174. The number of ether oxygens (including phenoxy) is 3. The van der Waals surface area contributed by atoms with Crippen molar-refractivity contribution < 1.29 is 14.2 Å². The number of hydrogen-bond acceptors (Lipinski definition) is 4.